The number of pyridine rings is 1. The number of rotatable bonds is 5. The lowest BCUT2D eigenvalue weighted by Gasteiger charge is -2.10. The van der Waals surface area contributed by atoms with Gasteiger partial charge >= 0.3 is 0 Å². The summed E-state index contributed by atoms with van der Waals surface area (Å²) in [5.74, 6) is 2.03. The number of hydrogen-bond acceptors (Lipinski definition) is 5. The predicted molar refractivity (Wildman–Crippen MR) is 92.9 cm³/mol. The number of imidazole rings is 1. The number of ether oxygens (including phenoxy) is 2. The van der Waals surface area contributed by atoms with Crippen LogP contribution in [0.15, 0.2) is 36.7 Å². The Balaban J connectivity index is 2.29. The third-order valence-corrected chi connectivity index (χ3v) is 3.64. The smallest absolute Gasteiger partial charge is 0.163 e. The van der Waals surface area contributed by atoms with Gasteiger partial charge in [-0.2, -0.15) is 0 Å². The van der Waals surface area contributed by atoms with Crippen molar-refractivity contribution in [3.63, 3.8) is 0 Å². The fourth-order valence-corrected chi connectivity index (χ4v) is 2.62. The Morgan fingerprint density at radius 2 is 1.83 bits per heavy atom. The molecule has 2 N–H and O–H groups in total. The molecule has 0 bridgehead atoms. The van der Waals surface area contributed by atoms with E-state index in [1.807, 2.05) is 28.8 Å². The summed E-state index contributed by atoms with van der Waals surface area (Å²) >= 11 is 5.09. The quantitative estimate of drug-likeness (QED) is 0.725. The van der Waals surface area contributed by atoms with E-state index in [0.29, 0.717) is 23.0 Å². The van der Waals surface area contributed by atoms with Crippen LogP contribution in [0.4, 0.5) is 0 Å². The lowest BCUT2D eigenvalue weighted by molar-refractivity contribution is 0.355. The minimum absolute atomic E-state index is 0.384. The molecule has 118 valence electrons. The summed E-state index contributed by atoms with van der Waals surface area (Å²) in [4.78, 5) is 9.13. The molecule has 3 rings (SSSR count). The average Bonchev–Trinajstić information content (AvgIpc) is 2.91. The minimum atomic E-state index is 0.384. The normalized spacial score (nSPS) is 10.7. The highest BCUT2D eigenvalue weighted by Crippen LogP contribution is 2.34. The highest BCUT2D eigenvalue weighted by atomic mass is 32.1. The van der Waals surface area contributed by atoms with Crippen LogP contribution in [0.1, 0.15) is 0 Å². The molecule has 1 aromatic carbocycles. The molecule has 0 aliphatic rings. The number of fused-ring (bicyclic) bond motifs is 1. The van der Waals surface area contributed by atoms with Crippen molar-refractivity contribution in [2.45, 2.75) is 6.54 Å². The Bertz CT molecular complexity index is 861. The summed E-state index contributed by atoms with van der Waals surface area (Å²) in [5, 5.41) is 0. The maximum Gasteiger partial charge on any atom is 0.163 e. The van der Waals surface area contributed by atoms with Crippen molar-refractivity contribution in [1.29, 1.82) is 0 Å². The van der Waals surface area contributed by atoms with Crippen molar-refractivity contribution in [3.8, 4) is 22.9 Å². The van der Waals surface area contributed by atoms with E-state index in [-0.39, 0.29) is 0 Å². The molecule has 0 saturated carbocycles. The molecule has 0 atom stereocenters. The van der Waals surface area contributed by atoms with Crippen molar-refractivity contribution in [1.82, 2.24) is 14.5 Å². The van der Waals surface area contributed by atoms with E-state index in [2.05, 4.69) is 4.98 Å². The molecule has 0 spiro atoms. The Morgan fingerprint density at radius 1 is 1.17 bits per heavy atom. The topological polar surface area (TPSA) is 75.2 Å². The SMILES string of the molecule is COc1cc2nc(-c3ccncc3)n(CC(N)=S)c2cc1OC. The van der Waals surface area contributed by atoms with Crippen LogP contribution in [-0.2, 0) is 6.54 Å². The number of aromatic nitrogens is 3. The van der Waals surface area contributed by atoms with Crippen LogP contribution >= 0.6 is 12.2 Å². The first-order chi connectivity index (χ1) is 11.1. The van der Waals surface area contributed by atoms with Crippen LogP contribution in [0.3, 0.4) is 0 Å². The van der Waals surface area contributed by atoms with Gasteiger partial charge in [-0.25, -0.2) is 4.98 Å². The van der Waals surface area contributed by atoms with E-state index in [1.165, 1.54) is 0 Å². The van der Waals surface area contributed by atoms with Gasteiger partial charge in [-0.15, -0.1) is 0 Å². The predicted octanol–water partition coefficient (Wildman–Crippen LogP) is 2.40. The van der Waals surface area contributed by atoms with Crippen molar-refractivity contribution in [3.05, 3.63) is 36.7 Å². The van der Waals surface area contributed by atoms with Gasteiger partial charge in [-0.1, -0.05) is 12.2 Å². The molecule has 2 heterocycles. The van der Waals surface area contributed by atoms with E-state index in [1.54, 1.807) is 26.6 Å². The lowest BCUT2D eigenvalue weighted by atomic mass is 10.2. The summed E-state index contributed by atoms with van der Waals surface area (Å²) in [6, 6.07) is 7.51. The van der Waals surface area contributed by atoms with Gasteiger partial charge in [0.2, 0.25) is 0 Å². The number of nitrogens with zero attached hydrogens (tertiary/aromatic N) is 3. The molecule has 6 nitrogen and oxygen atoms in total. The van der Waals surface area contributed by atoms with Crippen LogP contribution in [0.2, 0.25) is 0 Å². The van der Waals surface area contributed by atoms with Crippen molar-refractivity contribution >= 4 is 28.2 Å². The fourth-order valence-electron chi connectivity index (χ4n) is 2.49. The maximum atomic E-state index is 5.76. The molecule has 3 aromatic rings. The summed E-state index contributed by atoms with van der Waals surface area (Å²) in [5.41, 5.74) is 8.36. The molecule has 0 radical (unpaired) electrons. The number of nitrogens with two attached hydrogens (primary N) is 1. The number of thiocarbonyl (C=S) groups is 1. The summed E-state index contributed by atoms with van der Waals surface area (Å²) in [7, 11) is 3.20. The van der Waals surface area contributed by atoms with E-state index in [0.717, 1.165) is 22.4 Å². The molecule has 23 heavy (non-hydrogen) atoms. The Hall–Kier alpha value is -2.67. The van der Waals surface area contributed by atoms with Gasteiger partial charge < -0.3 is 19.8 Å². The van der Waals surface area contributed by atoms with Crippen LogP contribution in [0.5, 0.6) is 11.5 Å². The van der Waals surface area contributed by atoms with Gasteiger partial charge in [-0.05, 0) is 12.1 Å². The first-order valence-corrected chi connectivity index (χ1v) is 7.36. The van der Waals surface area contributed by atoms with Crippen LogP contribution in [0.25, 0.3) is 22.4 Å². The molecule has 0 unspecified atom stereocenters. The van der Waals surface area contributed by atoms with Crippen molar-refractivity contribution in [2.24, 2.45) is 5.73 Å². The standard InChI is InChI=1S/C16H16N4O2S/c1-21-13-7-11-12(8-14(13)22-2)20(9-15(17)23)16(19-11)10-3-5-18-6-4-10/h3-8H,9H2,1-2H3,(H2,17,23). The van der Waals surface area contributed by atoms with Gasteiger partial charge in [0, 0.05) is 30.1 Å². The highest BCUT2D eigenvalue weighted by molar-refractivity contribution is 7.80. The molecular weight excluding hydrogens is 312 g/mol. The van der Waals surface area contributed by atoms with Gasteiger partial charge in [-0.3, -0.25) is 4.98 Å². The van der Waals surface area contributed by atoms with Crippen LogP contribution < -0.4 is 15.2 Å². The van der Waals surface area contributed by atoms with Gasteiger partial charge in [0.25, 0.3) is 0 Å². The molecule has 0 aliphatic carbocycles. The first-order valence-electron chi connectivity index (χ1n) is 6.95. The second kappa shape index (κ2) is 6.21. The van der Waals surface area contributed by atoms with E-state index in [9.17, 15) is 0 Å². The van der Waals surface area contributed by atoms with E-state index in [4.69, 9.17) is 32.4 Å². The number of benzene rings is 1. The average molecular weight is 328 g/mol. The van der Waals surface area contributed by atoms with Gasteiger partial charge in [0.15, 0.2) is 11.5 Å². The molecule has 0 fully saturated rings. The lowest BCUT2D eigenvalue weighted by Crippen LogP contribution is -2.17. The maximum absolute atomic E-state index is 5.76. The Kier molecular flexibility index (Phi) is 4.12. The summed E-state index contributed by atoms with van der Waals surface area (Å²) < 4.78 is 12.7. The first kappa shape index (κ1) is 15.2. The molecule has 0 amide bonds. The van der Waals surface area contributed by atoms with Gasteiger partial charge in [0.05, 0.1) is 36.8 Å². The third kappa shape index (κ3) is 2.83. The van der Waals surface area contributed by atoms with E-state index < -0.39 is 0 Å². The molecule has 7 heteroatoms. The third-order valence-electron chi connectivity index (χ3n) is 3.51. The second-order valence-corrected chi connectivity index (χ2v) is 5.44. The fraction of sp³-hybridized carbons (Fsp3) is 0.188. The van der Waals surface area contributed by atoms with Crippen LogP contribution in [-0.4, -0.2) is 33.7 Å². The molecule has 2 aromatic heterocycles. The van der Waals surface area contributed by atoms with Gasteiger partial charge in [0.1, 0.15) is 5.82 Å². The molecule has 0 aliphatic heterocycles. The summed E-state index contributed by atoms with van der Waals surface area (Å²) in [6.45, 7) is 0.388. The van der Waals surface area contributed by atoms with Crippen LogP contribution in [0, 0.1) is 0 Å². The minimum Gasteiger partial charge on any atom is -0.493 e. The molecular formula is C16H16N4O2S. The monoisotopic (exact) mass is 328 g/mol. The number of methoxy groups -OCH3 is 2. The van der Waals surface area contributed by atoms with Crippen molar-refractivity contribution < 1.29 is 9.47 Å². The Labute approximate surface area is 138 Å². The second-order valence-electron chi connectivity index (χ2n) is 4.92. The summed E-state index contributed by atoms with van der Waals surface area (Å²) in [6.07, 6.45) is 3.45. The Morgan fingerprint density at radius 3 is 2.43 bits per heavy atom. The zero-order valence-corrected chi connectivity index (χ0v) is 13.6. The number of hydrogen-bond donors (Lipinski definition) is 1. The van der Waals surface area contributed by atoms with E-state index >= 15 is 0 Å². The largest absolute Gasteiger partial charge is 0.493 e. The zero-order valence-electron chi connectivity index (χ0n) is 12.8. The highest BCUT2D eigenvalue weighted by Gasteiger charge is 2.16. The van der Waals surface area contributed by atoms with Crippen molar-refractivity contribution in [2.75, 3.05) is 14.2 Å². The molecule has 0 saturated heterocycles. The zero-order chi connectivity index (χ0) is 16.4.